The lowest BCUT2D eigenvalue weighted by atomic mass is 10.1. The van der Waals surface area contributed by atoms with Crippen molar-refractivity contribution in [1.29, 1.82) is 0 Å². The first-order valence-electron chi connectivity index (χ1n) is 7.59. The van der Waals surface area contributed by atoms with Crippen LogP contribution in [0.1, 0.15) is 44.2 Å². The first kappa shape index (κ1) is 17.6. The summed E-state index contributed by atoms with van der Waals surface area (Å²) in [6, 6.07) is 6.71. The third kappa shape index (κ3) is 5.79. The summed E-state index contributed by atoms with van der Waals surface area (Å²) in [5.41, 5.74) is 2.12. The largest absolute Gasteiger partial charge is 0.495 e. The quantitative estimate of drug-likeness (QED) is 0.783. The van der Waals surface area contributed by atoms with Gasteiger partial charge in [0.25, 0.3) is 0 Å². The van der Waals surface area contributed by atoms with E-state index in [1.54, 1.807) is 7.11 Å². The molecule has 0 bridgehead atoms. The third-order valence-corrected chi connectivity index (χ3v) is 3.61. The smallest absolute Gasteiger partial charge is 0.134 e. The predicted molar refractivity (Wildman–Crippen MR) is 87.4 cm³/mol. The van der Waals surface area contributed by atoms with Crippen LogP contribution in [0.25, 0.3) is 0 Å². The zero-order chi connectivity index (χ0) is 15.7. The second kappa shape index (κ2) is 9.44. The molecule has 0 heterocycles. The highest BCUT2D eigenvalue weighted by Gasteiger charge is 2.10. The summed E-state index contributed by atoms with van der Waals surface area (Å²) < 4.78 is 5.34. The molecule has 1 aromatic carbocycles. The number of rotatable bonds is 7. The van der Waals surface area contributed by atoms with E-state index in [1.165, 1.54) is 18.4 Å². The Morgan fingerprint density at radius 3 is 2.76 bits per heavy atom. The summed E-state index contributed by atoms with van der Waals surface area (Å²) >= 11 is 0. The van der Waals surface area contributed by atoms with E-state index < -0.39 is 0 Å². The van der Waals surface area contributed by atoms with Crippen LogP contribution in [0.5, 0.6) is 5.75 Å². The molecule has 3 nitrogen and oxygen atoms in total. The van der Waals surface area contributed by atoms with Crippen LogP contribution in [0, 0.1) is 11.8 Å². The fraction of sp³-hybridized carbons (Fsp3) is 0.556. The van der Waals surface area contributed by atoms with Gasteiger partial charge in [-0.25, -0.2) is 0 Å². The molecular formula is C18H27NO2. The van der Waals surface area contributed by atoms with Crippen LogP contribution in [0.2, 0.25) is 0 Å². The van der Waals surface area contributed by atoms with Crippen molar-refractivity contribution in [2.45, 2.75) is 45.7 Å². The van der Waals surface area contributed by atoms with E-state index in [2.05, 4.69) is 49.8 Å². The van der Waals surface area contributed by atoms with Gasteiger partial charge in [-0.3, -0.25) is 4.90 Å². The summed E-state index contributed by atoms with van der Waals surface area (Å²) in [5.74, 6) is 6.82. The fourth-order valence-corrected chi connectivity index (χ4v) is 2.25. The first-order chi connectivity index (χ1) is 10.1. The summed E-state index contributed by atoms with van der Waals surface area (Å²) in [4.78, 5) is 2.36. The number of nitrogens with zero attached hydrogens (tertiary/aromatic N) is 1. The van der Waals surface area contributed by atoms with Crippen LogP contribution in [0.3, 0.4) is 0 Å². The molecule has 0 fully saturated rings. The molecule has 0 spiro atoms. The standard InChI is InChI=1S/C18H27NO2/c1-5-8-15(2)19(3)14-16-10-11-18(21-4)17(13-16)9-6-7-12-20/h10-11,13,15,20H,5,7-8,12,14H2,1-4H3. The summed E-state index contributed by atoms with van der Waals surface area (Å²) in [7, 11) is 3.81. The molecule has 0 aromatic heterocycles. The van der Waals surface area contributed by atoms with Gasteiger partial charge >= 0.3 is 0 Å². The minimum atomic E-state index is 0.0896. The van der Waals surface area contributed by atoms with E-state index in [0.717, 1.165) is 17.9 Å². The summed E-state index contributed by atoms with van der Waals surface area (Å²) in [6.45, 7) is 5.47. The lowest BCUT2D eigenvalue weighted by Gasteiger charge is -2.24. The number of aliphatic hydroxyl groups is 1. The predicted octanol–water partition coefficient (Wildman–Crippen LogP) is 3.05. The number of methoxy groups -OCH3 is 1. The average Bonchev–Trinajstić information content (AvgIpc) is 2.48. The number of hydrogen-bond acceptors (Lipinski definition) is 3. The van der Waals surface area contributed by atoms with E-state index in [9.17, 15) is 0 Å². The van der Waals surface area contributed by atoms with Gasteiger partial charge in [-0.2, -0.15) is 0 Å². The van der Waals surface area contributed by atoms with E-state index in [-0.39, 0.29) is 6.61 Å². The molecule has 0 amide bonds. The Labute approximate surface area is 128 Å². The van der Waals surface area contributed by atoms with Crippen LogP contribution in [0.15, 0.2) is 18.2 Å². The highest BCUT2D eigenvalue weighted by atomic mass is 16.5. The molecule has 0 aliphatic carbocycles. The molecule has 0 saturated carbocycles. The van der Waals surface area contributed by atoms with Gasteiger partial charge in [-0.05, 0) is 38.1 Å². The van der Waals surface area contributed by atoms with Crippen LogP contribution < -0.4 is 4.74 Å². The van der Waals surface area contributed by atoms with Gasteiger partial charge in [-0.15, -0.1) is 0 Å². The van der Waals surface area contributed by atoms with Crippen molar-refractivity contribution in [2.24, 2.45) is 0 Å². The van der Waals surface area contributed by atoms with E-state index >= 15 is 0 Å². The Kier molecular flexibility index (Phi) is 7.89. The minimum absolute atomic E-state index is 0.0896. The van der Waals surface area contributed by atoms with Crippen LogP contribution >= 0.6 is 0 Å². The summed E-state index contributed by atoms with van der Waals surface area (Å²) in [6.07, 6.45) is 2.89. The lowest BCUT2D eigenvalue weighted by molar-refractivity contribution is 0.237. The van der Waals surface area contributed by atoms with Crippen molar-refractivity contribution >= 4 is 0 Å². The number of aliphatic hydroxyl groups excluding tert-OH is 1. The molecule has 1 N–H and O–H groups in total. The Bertz CT molecular complexity index is 488. The Morgan fingerprint density at radius 1 is 1.38 bits per heavy atom. The molecule has 1 unspecified atom stereocenters. The van der Waals surface area contributed by atoms with Crippen molar-refractivity contribution < 1.29 is 9.84 Å². The van der Waals surface area contributed by atoms with Gasteiger partial charge in [0.1, 0.15) is 5.75 Å². The maximum absolute atomic E-state index is 8.82. The zero-order valence-electron chi connectivity index (χ0n) is 13.6. The maximum atomic E-state index is 8.82. The molecule has 21 heavy (non-hydrogen) atoms. The number of benzene rings is 1. The Morgan fingerprint density at radius 2 is 2.14 bits per heavy atom. The normalized spacial score (nSPS) is 11.9. The molecule has 3 heteroatoms. The van der Waals surface area contributed by atoms with Gasteiger partial charge < -0.3 is 9.84 Å². The molecule has 0 saturated heterocycles. The van der Waals surface area contributed by atoms with E-state index in [4.69, 9.17) is 9.84 Å². The molecule has 0 aliphatic heterocycles. The van der Waals surface area contributed by atoms with Gasteiger partial charge in [0.15, 0.2) is 0 Å². The van der Waals surface area contributed by atoms with Gasteiger partial charge in [-0.1, -0.05) is 31.3 Å². The Balaban J connectivity index is 2.85. The highest BCUT2D eigenvalue weighted by Crippen LogP contribution is 2.20. The van der Waals surface area contributed by atoms with Crippen molar-refractivity contribution in [3.63, 3.8) is 0 Å². The van der Waals surface area contributed by atoms with Crippen LogP contribution in [-0.4, -0.2) is 36.8 Å². The molecule has 1 rings (SSSR count). The molecule has 0 aliphatic rings. The monoisotopic (exact) mass is 289 g/mol. The molecule has 1 aromatic rings. The molecule has 1 atom stereocenters. The second-order valence-electron chi connectivity index (χ2n) is 5.36. The van der Waals surface area contributed by atoms with Crippen LogP contribution in [-0.2, 0) is 6.54 Å². The lowest BCUT2D eigenvalue weighted by Crippen LogP contribution is -2.28. The molecular weight excluding hydrogens is 262 g/mol. The number of ether oxygens (including phenoxy) is 1. The topological polar surface area (TPSA) is 32.7 Å². The second-order valence-corrected chi connectivity index (χ2v) is 5.36. The summed E-state index contributed by atoms with van der Waals surface area (Å²) in [5, 5.41) is 8.82. The zero-order valence-corrected chi connectivity index (χ0v) is 13.6. The molecule has 116 valence electrons. The molecule has 0 radical (unpaired) electrons. The van der Waals surface area contributed by atoms with Crippen LogP contribution in [0.4, 0.5) is 0 Å². The average molecular weight is 289 g/mol. The SMILES string of the molecule is CCCC(C)N(C)Cc1ccc(OC)c(C#CCCO)c1. The number of hydrogen-bond donors (Lipinski definition) is 1. The Hall–Kier alpha value is -1.50. The third-order valence-electron chi connectivity index (χ3n) is 3.61. The van der Waals surface area contributed by atoms with E-state index in [0.29, 0.717) is 12.5 Å². The van der Waals surface area contributed by atoms with Crippen molar-refractivity contribution in [2.75, 3.05) is 20.8 Å². The van der Waals surface area contributed by atoms with E-state index in [1.807, 2.05) is 6.07 Å². The minimum Gasteiger partial charge on any atom is -0.495 e. The van der Waals surface area contributed by atoms with Crippen molar-refractivity contribution in [3.8, 4) is 17.6 Å². The van der Waals surface area contributed by atoms with Gasteiger partial charge in [0, 0.05) is 19.0 Å². The van der Waals surface area contributed by atoms with Gasteiger partial charge in [0.05, 0.1) is 19.3 Å². The van der Waals surface area contributed by atoms with Crippen molar-refractivity contribution in [3.05, 3.63) is 29.3 Å². The fourth-order valence-electron chi connectivity index (χ4n) is 2.25. The van der Waals surface area contributed by atoms with Gasteiger partial charge in [0.2, 0.25) is 0 Å². The van der Waals surface area contributed by atoms with Crippen molar-refractivity contribution in [1.82, 2.24) is 4.90 Å². The maximum Gasteiger partial charge on any atom is 0.134 e. The highest BCUT2D eigenvalue weighted by molar-refractivity contribution is 5.48. The first-order valence-corrected chi connectivity index (χ1v) is 7.59.